The van der Waals surface area contributed by atoms with Crippen LogP contribution in [0.25, 0.3) is 0 Å². The topological polar surface area (TPSA) is 86.8 Å². The fourth-order valence-electron chi connectivity index (χ4n) is 4.41. The van der Waals surface area contributed by atoms with Crippen LogP contribution in [0.1, 0.15) is 59.4 Å². The molecule has 166 valence electrons. The van der Waals surface area contributed by atoms with Crippen LogP contribution in [0.4, 0.5) is 5.69 Å². The highest BCUT2D eigenvalue weighted by Gasteiger charge is 2.38. The second kappa shape index (κ2) is 8.30. The van der Waals surface area contributed by atoms with Crippen molar-refractivity contribution in [3.8, 4) is 0 Å². The molecular weight excluding hydrogens is 402 g/mol. The minimum atomic E-state index is -3.66. The van der Waals surface area contributed by atoms with Crippen molar-refractivity contribution >= 4 is 27.5 Å². The van der Waals surface area contributed by atoms with E-state index in [2.05, 4.69) is 5.32 Å². The molecule has 0 aliphatic carbocycles. The van der Waals surface area contributed by atoms with E-state index in [0.29, 0.717) is 38.9 Å². The zero-order chi connectivity index (χ0) is 22.3. The van der Waals surface area contributed by atoms with Crippen LogP contribution in [0.3, 0.4) is 0 Å². The smallest absolute Gasteiger partial charge is 0.243 e. The molecule has 2 amide bonds. The summed E-state index contributed by atoms with van der Waals surface area (Å²) < 4.78 is 28.1. The zero-order valence-electron chi connectivity index (χ0n) is 18.6. The van der Waals surface area contributed by atoms with E-state index < -0.39 is 15.4 Å². The first-order valence-corrected chi connectivity index (χ1v) is 12.2. The van der Waals surface area contributed by atoms with Gasteiger partial charge in [0, 0.05) is 49.1 Å². The Morgan fingerprint density at radius 1 is 1.23 bits per heavy atom. The fourth-order valence-corrected chi connectivity index (χ4v) is 5.91. The Kier molecular flexibility index (Phi) is 6.30. The molecule has 30 heavy (non-hydrogen) atoms. The number of carbonyl (C=O) groups is 2. The number of rotatable bonds is 5. The van der Waals surface area contributed by atoms with Crippen LogP contribution in [-0.4, -0.2) is 50.2 Å². The molecule has 7 nitrogen and oxygen atoms in total. The molecular formula is C22H33N3O4S. The number of nitrogens with zero attached hydrogens (tertiary/aromatic N) is 2. The van der Waals surface area contributed by atoms with E-state index in [1.54, 1.807) is 23.1 Å². The van der Waals surface area contributed by atoms with Crippen molar-refractivity contribution in [3.63, 3.8) is 0 Å². The lowest BCUT2D eigenvalue weighted by atomic mass is 9.77. The van der Waals surface area contributed by atoms with Crippen LogP contribution >= 0.6 is 0 Å². The first-order valence-electron chi connectivity index (χ1n) is 10.7. The Balaban J connectivity index is 1.83. The van der Waals surface area contributed by atoms with Gasteiger partial charge in [0.2, 0.25) is 21.8 Å². The lowest BCUT2D eigenvalue weighted by molar-refractivity contribution is -0.126. The Morgan fingerprint density at radius 2 is 1.87 bits per heavy atom. The molecule has 2 aliphatic heterocycles. The SMILES string of the molecule is CCN1C(=O)CC(C)(C)c2cc(S(=O)(=O)N3CCC(C(=O)NC(C)C)CC3)ccc21. The van der Waals surface area contributed by atoms with E-state index in [1.807, 2.05) is 34.6 Å². The van der Waals surface area contributed by atoms with E-state index in [0.717, 1.165) is 11.3 Å². The lowest BCUT2D eigenvalue weighted by Gasteiger charge is -2.38. The zero-order valence-corrected chi connectivity index (χ0v) is 19.4. The Hall–Kier alpha value is -1.93. The van der Waals surface area contributed by atoms with Crippen LogP contribution < -0.4 is 10.2 Å². The van der Waals surface area contributed by atoms with E-state index in [9.17, 15) is 18.0 Å². The highest BCUT2D eigenvalue weighted by atomic mass is 32.2. The second-order valence-electron chi connectivity index (χ2n) is 9.22. The average molecular weight is 436 g/mol. The molecule has 1 N–H and O–H groups in total. The summed E-state index contributed by atoms with van der Waals surface area (Å²) >= 11 is 0. The number of nitrogens with one attached hydrogen (secondary N) is 1. The van der Waals surface area contributed by atoms with Gasteiger partial charge in [-0.15, -0.1) is 0 Å². The van der Waals surface area contributed by atoms with Gasteiger partial charge in [0.1, 0.15) is 0 Å². The summed E-state index contributed by atoms with van der Waals surface area (Å²) in [6, 6.07) is 5.17. The van der Waals surface area contributed by atoms with Gasteiger partial charge in [0.25, 0.3) is 0 Å². The van der Waals surface area contributed by atoms with Crippen LogP contribution in [0, 0.1) is 5.92 Å². The molecule has 1 fully saturated rings. The summed E-state index contributed by atoms with van der Waals surface area (Å²) in [4.78, 5) is 26.7. The maximum absolute atomic E-state index is 13.3. The van der Waals surface area contributed by atoms with Crippen molar-refractivity contribution in [1.82, 2.24) is 9.62 Å². The van der Waals surface area contributed by atoms with Gasteiger partial charge < -0.3 is 10.2 Å². The molecule has 3 rings (SSSR count). The highest BCUT2D eigenvalue weighted by molar-refractivity contribution is 7.89. The molecule has 0 spiro atoms. The Morgan fingerprint density at radius 3 is 2.43 bits per heavy atom. The fraction of sp³-hybridized carbons (Fsp3) is 0.636. The number of hydrogen-bond donors (Lipinski definition) is 1. The maximum Gasteiger partial charge on any atom is 0.243 e. The van der Waals surface area contributed by atoms with Crippen molar-refractivity contribution in [2.75, 3.05) is 24.5 Å². The lowest BCUT2D eigenvalue weighted by Crippen LogP contribution is -2.44. The number of fused-ring (bicyclic) bond motifs is 1. The summed E-state index contributed by atoms with van der Waals surface area (Å²) in [5.41, 5.74) is 1.25. The molecule has 0 atom stereocenters. The first kappa shape index (κ1) is 22.7. The van der Waals surface area contributed by atoms with Gasteiger partial charge in [0.05, 0.1) is 4.90 Å². The van der Waals surface area contributed by atoms with E-state index >= 15 is 0 Å². The van der Waals surface area contributed by atoms with E-state index in [4.69, 9.17) is 0 Å². The molecule has 0 saturated carbocycles. The van der Waals surface area contributed by atoms with E-state index in [1.165, 1.54) is 4.31 Å². The largest absolute Gasteiger partial charge is 0.354 e. The third kappa shape index (κ3) is 4.25. The molecule has 8 heteroatoms. The maximum atomic E-state index is 13.3. The molecule has 2 heterocycles. The highest BCUT2D eigenvalue weighted by Crippen LogP contribution is 2.41. The van der Waals surface area contributed by atoms with Gasteiger partial charge in [-0.3, -0.25) is 9.59 Å². The quantitative estimate of drug-likeness (QED) is 0.770. The third-order valence-corrected chi connectivity index (χ3v) is 7.99. The van der Waals surface area contributed by atoms with Gasteiger partial charge >= 0.3 is 0 Å². The number of anilines is 1. The first-order chi connectivity index (χ1) is 14.0. The molecule has 1 aromatic rings. The summed E-state index contributed by atoms with van der Waals surface area (Å²) in [7, 11) is -3.66. The molecule has 1 saturated heterocycles. The van der Waals surface area contributed by atoms with Crippen molar-refractivity contribution in [3.05, 3.63) is 23.8 Å². The van der Waals surface area contributed by atoms with Gasteiger partial charge in [-0.2, -0.15) is 4.31 Å². The van der Waals surface area contributed by atoms with Gasteiger partial charge in [-0.25, -0.2) is 8.42 Å². The van der Waals surface area contributed by atoms with Gasteiger partial charge in [-0.1, -0.05) is 13.8 Å². The predicted octanol–water partition coefficient (Wildman–Crippen LogP) is 2.65. The average Bonchev–Trinajstić information content (AvgIpc) is 2.67. The number of piperidine rings is 1. The van der Waals surface area contributed by atoms with Crippen LogP contribution in [-0.2, 0) is 25.0 Å². The Bertz CT molecular complexity index is 932. The number of hydrogen-bond acceptors (Lipinski definition) is 4. The summed E-state index contributed by atoms with van der Waals surface area (Å²) in [5.74, 6) is -0.0836. The summed E-state index contributed by atoms with van der Waals surface area (Å²) in [5, 5.41) is 2.92. The minimum absolute atomic E-state index is 0.00176. The summed E-state index contributed by atoms with van der Waals surface area (Å²) in [6.07, 6.45) is 1.40. The normalized spacial score (nSPS) is 20.3. The number of sulfonamides is 1. The van der Waals surface area contributed by atoms with E-state index in [-0.39, 0.29) is 28.7 Å². The van der Waals surface area contributed by atoms with Crippen molar-refractivity contribution < 1.29 is 18.0 Å². The van der Waals surface area contributed by atoms with Gasteiger partial charge in [0.15, 0.2) is 0 Å². The molecule has 0 bridgehead atoms. The van der Waals surface area contributed by atoms with Crippen molar-refractivity contribution in [1.29, 1.82) is 0 Å². The minimum Gasteiger partial charge on any atom is -0.354 e. The number of carbonyl (C=O) groups excluding carboxylic acids is 2. The van der Waals surface area contributed by atoms with Crippen LogP contribution in [0.2, 0.25) is 0 Å². The van der Waals surface area contributed by atoms with Crippen molar-refractivity contribution in [2.24, 2.45) is 5.92 Å². The standard InChI is InChI=1S/C22H33N3O4S/c1-6-25-19-8-7-17(13-18(19)22(4,5)14-20(25)26)30(28,29)24-11-9-16(10-12-24)21(27)23-15(2)3/h7-8,13,15-16H,6,9-12,14H2,1-5H3,(H,23,27). The summed E-state index contributed by atoms with van der Waals surface area (Å²) in [6.45, 7) is 10.9. The third-order valence-electron chi connectivity index (χ3n) is 6.09. The molecule has 0 unspecified atom stereocenters. The second-order valence-corrected chi connectivity index (χ2v) is 11.2. The molecule has 0 aromatic heterocycles. The number of benzene rings is 1. The number of amides is 2. The molecule has 2 aliphatic rings. The van der Waals surface area contributed by atoms with Crippen LogP contribution in [0.5, 0.6) is 0 Å². The monoisotopic (exact) mass is 435 g/mol. The molecule has 1 aromatic carbocycles. The predicted molar refractivity (Wildman–Crippen MR) is 117 cm³/mol. The Labute approximate surface area is 179 Å². The molecule has 0 radical (unpaired) electrons. The van der Waals surface area contributed by atoms with Gasteiger partial charge in [-0.05, 0) is 57.4 Å². The van der Waals surface area contributed by atoms with Crippen molar-refractivity contribution in [2.45, 2.75) is 70.2 Å². The van der Waals surface area contributed by atoms with Crippen LogP contribution in [0.15, 0.2) is 23.1 Å².